The van der Waals surface area contributed by atoms with Gasteiger partial charge in [-0.25, -0.2) is 8.42 Å². The summed E-state index contributed by atoms with van der Waals surface area (Å²) in [7, 11) is -3.68. The molecule has 1 N–H and O–H groups in total. The van der Waals surface area contributed by atoms with Crippen molar-refractivity contribution in [3.05, 3.63) is 47.5 Å². The lowest BCUT2D eigenvalue weighted by Gasteiger charge is -2.26. The van der Waals surface area contributed by atoms with E-state index in [1.54, 1.807) is 24.3 Å². The van der Waals surface area contributed by atoms with Crippen molar-refractivity contribution >= 4 is 27.5 Å². The van der Waals surface area contributed by atoms with Gasteiger partial charge in [-0.3, -0.25) is 14.5 Å². The van der Waals surface area contributed by atoms with Crippen LogP contribution in [0.2, 0.25) is 0 Å². The molecule has 2 amide bonds. The number of rotatable bonds is 5. The predicted octanol–water partition coefficient (Wildman–Crippen LogP) is 1.03. The van der Waals surface area contributed by atoms with Gasteiger partial charge in [-0.15, -0.1) is 0 Å². The van der Waals surface area contributed by atoms with E-state index in [4.69, 9.17) is 14.2 Å². The maximum atomic E-state index is 13.1. The second kappa shape index (κ2) is 8.90. The number of anilines is 1. The molecule has 2 aromatic carbocycles. The summed E-state index contributed by atoms with van der Waals surface area (Å²) in [5.74, 6) is 0.679. The molecule has 11 heteroatoms. The van der Waals surface area contributed by atoms with Crippen LogP contribution in [0.1, 0.15) is 18.1 Å². The van der Waals surface area contributed by atoms with E-state index >= 15 is 0 Å². The molecule has 0 aliphatic carbocycles. The van der Waals surface area contributed by atoms with Gasteiger partial charge >= 0.3 is 0 Å². The molecule has 3 heterocycles. The highest BCUT2D eigenvalue weighted by Gasteiger charge is 2.38. The summed E-state index contributed by atoms with van der Waals surface area (Å²) < 4.78 is 43.4. The molecule has 34 heavy (non-hydrogen) atoms. The van der Waals surface area contributed by atoms with Gasteiger partial charge in [0.05, 0.1) is 18.1 Å². The second-order valence-corrected chi connectivity index (χ2v) is 10.3. The van der Waals surface area contributed by atoms with Crippen LogP contribution in [0.25, 0.3) is 0 Å². The van der Waals surface area contributed by atoms with E-state index < -0.39 is 16.1 Å². The minimum Gasteiger partial charge on any atom is -0.454 e. The summed E-state index contributed by atoms with van der Waals surface area (Å²) >= 11 is 0. The lowest BCUT2D eigenvalue weighted by atomic mass is 10.1. The van der Waals surface area contributed by atoms with E-state index in [0.29, 0.717) is 49.1 Å². The summed E-state index contributed by atoms with van der Waals surface area (Å²) in [6.07, 6.45) is 0.231. The standard InChI is InChI=1S/C23H25N3O7S/c1-15(27)26-19-4-3-18(34(29,30)25-6-8-31-9-7-25)11-17(19)12-20(26)23(28)24-13-16-2-5-21-22(10-16)33-14-32-21/h2-5,10-11,20H,6-9,12-14H2,1H3,(H,24,28)/t20-/m1/s1. The minimum atomic E-state index is -3.68. The average Bonchev–Trinajstić information content (AvgIpc) is 3.46. The maximum Gasteiger partial charge on any atom is 0.243 e. The lowest BCUT2D eigenvalue weighted by Crippen LogP contribution is -2.47. The highest BCUT2D eigenvalue weighted by molar-refractivity contribution is 7.89. The number of morpholine rings is 1. The van der Waals surface area contributed by atoms with Crippen molar-refractivity contribution in [2.75, 3.05) is 38.0 Å². The molecule has 5 rings (SSSR count). The predicted molar refractivity (Wildman–Crippen MR) is 121 cm³/mol. The van der Waals surface area contributed by atoms with Crippen LogP contribution in [0, 0.1) is 0 Å². The Morgan fingerprint density at radius 3 is 2.59 bits per heavy atom. The Morgan fingerprint density at radius 2 is 1.82 bits per heavy atom. The van der Waals surface area contributed by atoms with Crippen LogP contribution >= 0.6 is 0 Å². The van der Waals surface area contributed by atoms with E-state index in [1.807, 2.05) is 6.07 Å². The third kappa shape index (κ3) is 4.10. The minimum absolute atomic E-state index is 0.151. The third-order valence-corrected chi connectivity index (χ3v) is 8.08. The van der Waals surface area contributed by atoms with Gasteiger partial charge in [0.2, 0.25) is 28.6 Å². The first-order valence-corrected chi connectivity index (χ1v) is 12.5. The fourth-order valence-electron chi connectivity index (χ4n) is 4.48. The summed E-state index contributed by atoms with van der Waals surface area (Å²) in [5.41, 5.74) is 2.03. The van der Waals surface area contributed by atoms with Gasteiger partial charge < -0.3 is 19.5 Å². The van der Waals surface area contributed by atoms with Crippen LogP contribution in [-0.2, 0) is 37.3 Å². The molecule has 0 unspecified atom stereocenters. The summed E-state index contributed by atoms with van der Waals surface area (Å²) in [4.78, 5) is 27.1. The van der Waals surface area contributed by atoms with Gasteiger partial charge in [0, 0.05) is 38.7 Å². The largest absolute Gasteiger partial charge is 0.454 e. The molecule has 0 aromatic heterocycles. The quantitative estimate of drug-likeness (QED) is 0.670. The molecule has 3 aliphatic rings. The van der Waals surface area contributed by atoms with Crippen LogP contribution in [0.4, 0.5) is 5.69 Å². The molecule has 0 spiro atoms. The number of sulfonamides is 1. The molecule has 10 nitrogen and oxygen atoms in total. The fourth-order valence-corrected chi connectivity index (χ4v) is 5.94. The number of benzene rings is 2. The van der Waals surface area contributed by atoms with E-state index in [-0.39, 0.29) is 36.5 Å². The zero-order valence-electron chi connectivity index (χ0n) is 18.7. The first-order chi connectivity index (χ1) is 16.3. The van der Waals surface area contributed by atoms with Crippen molar-refractivity contribution in [1.82, 2.24) is 9.62 Å². The van der Waals surface area contributed by atoms with E-state index in [9.17, 15) is 18.0 Å². The normalized spacial score (nSPS) is 19.7. The Bertz CT molecular complexity index is 1240. The molecule has 2 aromatic rings. The van der Waals surface area contributed by atoms with Crippen LogP contribution < -0.4 is 19.7 Å². The molecule has 180 valence electrons. The molecule has 0 bridgehead atoms. The summed E-state index contributed by atoms with van der Waals surface area (Å²) in [5, 5.41) is 2.88. The van der Waals surface area contributed by atoms with Crippen LogP contribution in [0.5, 0.6) is 11.5 Å². The SMILES string of the molecule is CC(=O)N1c2ccc(S(=O)(=O)N3CCOCC3)cc2C[C@@H]1C(=O)NCc1ccc2c(c1)OCO2. The molecular formula is C23H25N3O7S. The van der Waals surface area contributed by atoms with Crippen LogP contribution in [0.3, 0.4) is 0 Å². The van der Waals surface area contributed by atoms with Crippen molar-refractivity contribution in [3.8, 4) is 11.5 Å². The number of fused-ring (bicyclic) bond motifs is 2. The Balaban J connectivity index is 1.33. The number of hydrogen-bond acceptors (Lipinski definition) is 7. The number of nitrogens with one attached hydrogen (secondary N) is 1. The molecule has 1 fully saturated rings. The van der Waals surface area contributed by atoms with E-state index in [2.05, 4.69) is 5.32 Å². The van der Waals surface area contributed by atoms with Crippen molar-refractivity contribution in [2.24, 2.45) is 0 Å². The van der Waals surface area contributed by atoms with Gasteiger partial charge in [0.15, 0.2) is 11.5 Å². The molecule has 1 saturated heterocycles. The zero-order chi connectivity index (χ0) is 23.9. The number of carbonyl (C=O) groups is 2. The van der Waals surface area contributed by atoms with Crippen LogP contribution in [-0.4, -0.2) is 63.7 Å². The average molecular weight is 488 g/mol. The molecule has 3 aliphatic heterocycles. The van der Waals surface area contributed by atoms with Crippen molar-refractivity contribution in [1.29, 1.82) is 0 Å². The van der Waals surface area contributed by atoms with E-state index in [1.165, 1.54) is 22.2 Å². The smallest absolute Gasteiger partial charge is 0.243 e. The number of hydrogen-bond donors (Lipinski definition) is 1. The Kier molecular flexibility index (Phi) is 5.92. The maximum absolute atomic E-state index is 13.1. The summed E-state index contributed by atoms with van der Waals surface area (Å²) in [6.45, 7) is 3.12. The van der Waals surface area contributed by atoms with Crippen molar-refractivity contribution in [2.45, 2.75) is 30.8 Å². The van der Waals surface area contributed by atoms with Crippen LogP contribution in [0.15, 0.2) is 41.3 Å². The number of ether oxygens (including phenoxy) is 3. The first kappa shape index (κ1) is 22.6. The van der Waals surface area contributed by atoms with Crippen molar-refractivity contribution in [3.63, 3.8) is 0 Å². The zero-order valence-corrected chi connectivity index (χ0v) is 19.5. The third-order valence-electron chi connectivity index (χ3n) is 6.19. The second-order valence-electron chi connectivity index (χ2n) is 8.32. The number of carbonyl (C=O) groups excluding carboxylic acids is 2. The lowest BCUT2D eigenvalue weighted by molar-refractivity contribution is -0.125. The first-order valence-electron chi connectivity index (χ1n) is 11.0. The summed E-state index contributed by atoms with van der Waals surface area (Å²) in [6, 6.07) is 9.33. The Morgan fingerprint density at radius 1 is 1.06 bits per heavy atom. The van der Waals surface area contributed by atoms with E-state index in [0.717, 1.165) is 5.56 Å². The van der Waals surface area contributed by atoms with Gasteiger partial charge in [0.1, 0.15) is 6.04 Å². The van der Waals surface area contributed by atoms with Gasteiger partial charge in [0.25, 0.3) is 0 Å². The molecule has 0 radical (unpaired) electrons. The van der Waals surface area contributed by atoms with Gasteiger partial charge in [-0.2, -0.15) is 4.31 Å². The topological polar surface area (TPSA) is 114 Å². The number of nitrogens with zero attached hydrogens (tertiary/aromatic N) is 2. The van der Waals surface area contributed by atoms with Crippen molar-refractivity contribution < 1.29 is 32.2 Å². The highest BCUT2D eigenvalue weighted by atomic mass is 32.2. The Labute approximate surface area is 197 Å². The molecular weight excluding hydrogens is 462 g/mol. The highest BCUT2D eigenvalue weighted by Crippen LogP contribution is 2.35. The van der Waals surface area contributed by atoms with Gasteiger partial charge in [-0.1, -0.05) is 6.07 Å². The molecule has 0 saturated carbocycles. The Hall–Kier alpha value is -3.15. The fraction of sp³-hybridized carbons (Fsp3) is 0.391. The monoisotopic (exact) mass is 487 g/mol. The van der Waals surface area contributed by atoms with Gasteiger partial charge in [-0.05, 0) is 41.5 Å². The molecule has 1 atom stereocenters. The number of amides is 2.